The molecular formula is C19H21NO5. The summed E-state index contributed by atoms with van der Waals surface area (Å²) in [5.74, 6) is 2.85. The fourth-order valence-corrected chi connectivity index (χ4v) is 2.63. The predicted octanol–water partition coefficient (Wildman–Crippen LogP) is 2.50. The van der Waals surface area contributed by atoms with Crippen LogP contribution in [0, 0.1) is 18.3 Å². The van der Waals surface area contributed by atoms with Crippen LogP contribution in [0.2, 0.25) is 0 Å². The van der Waals surface area contributed by atoms with E-state index in [0.29, 0.717) is 30.9 Å². The van der Waals surface area contributed by atoms with E-state index < -0.39 is 12.1 Å². The van der Waals surface area contributed by atoms with Gasteiger partial charge in [-0.15, -0.1) is 12.3 Å². The molecular weight excluding hydrogens is 322 g/mol. The molecule has 132 valence electrons. The van der Waals surface area contributed by atoms with Crippen LogP contribution in [0.3, 0.4) is 0 Å². The lowest BCUT2D eigenvalue weighted by Crippen LogP contribution is -2.39. The van der Waals surface area contributed by atoms with Crippen LogP contribution < -0.4 is 4.74 Å². The van der Waals surface area contributed by atoms with Gasteiger partial charge in [-0.3, -0.25) is 0 Å². The lowest BCUT2D eigenvalue weighted by atomic mass is 10.1. The largest absolute Gasteiger partial charge is 0.491 e. The van der Waals surface area contributed by atoms with Gasteiger partial charge in [0.25, 0.3) is 0 Å². The van der Waals surface area contributed by atoms with Crippen LogP contribution in [-0.2, 0) is 9.47 Å². The Morgan fingerprint density at radius 3 is 2.72 bits per heavy atom. The molecule has 1 saturated heterocycles. The molecule has 1 aromatic carbocycles. The van der Waals surface area contributed by atoms with Crippen LogP contribution in [-0.4, -0.2) is 49.9 Å². The smallest absolute Gasteiger partial charge is 0.410 e. The van der Waals surface area contributed by atoms with Crippen molar-refractivity contribution in [2.45, 2.75) is 12.5 Å². The highest BCUT2D eigenvalue weighted by atomic mass is 16.6. The number of amides is 1. The molecule has 0 aliphatic carbocycles. The molecule has 0 N–H and O–H groups in total. The number of nitrogens with zero attached hydrogens (tertiary/aromatic N) is 1. The van der Waals surface area contributed by atoms with E-state index in [1.807, 2.05) is 0 Å². The van der Waals surface area contributed by atoms with E-state index in [1.54, 1.807) is 29.2 Å². The van der Waals surface area contributed by atoms with Crippen LogP contribution >= 0.6 is 0 Å². The summed E-state index contributed by atoms with van der Waals surface area (Å²) in [4.78, 5) is 25.1. The third-order valence-corrected chi connectivity index (χ3v) is 3.93. The fraction of sp³-hybridized carbons (Fsp3) is 0.368. The molecule has 0 unspecified atom stereocenters. The predicted molar refractivity (Wildman–Crippen MR) is 92.3 cm³/mol. The van der Waals surface area contributed by atoms with E-state index in [4.69, 9.17) is 15.9 Å². The number of rotatable bonds is 6. The van der Waals surface area contributed by atoms with Gasteiger partial charge in [0.2, 0.25) is 0 Å². The Morgan fingerprint density at radius 2 is 2.12 bits per heavy atom. The number of ether oxygens (including phenoxy) is 3. The van der Waals surface area contributed by atoms with Gasteiger partial charge in [0.05, 0.1) is 18.7 Å². The topological polar surface area (TPSA) is 65.1 Å². The Hall–Kier alpha value is -2.94. The van der Waals surface area contributed by atoms with Crippen molar-refractivity contribution in [2.75, 3.05) is 26.9 Å². The van der Waals surface area contributed by atoms with Gasteiger partial charge in [-0.1, -0.05) is 12.7 Å². The van der Waals surface area contributed by atoms with Crippen molar-refractivity contribution >= 4 is 12.1 Å². The van der Waals surface area contributed by atoms with Crippen LogP contribution in [0.25, 0.3) is 0 Å². The van der Waals surface area contributed by atoms with Crippen molar-refractivity contribution in [3.63, 3.8) is 0 Å². The van der Waals surface area contributed by atoms with E-state index >= 15 is 0 Å². The lowest BCUT2D eigenvalue weighted by molar-refractivity contribution is 0.0600. The second-order valence-corrected chi connectivity index (χ2v) is 5.60. The molecule has 1 heterocycles. The average molecular weight is 343 g/mol. The van der Waals surface area contributed by atoms with Gasteiger partial charge in [-0.25, -0.2) is 9.59 Å². The molecule has 0 radical (unpaired) electrons. The number of likely N-dealkylation sites (tertiary alicyclic amines) is 1. The van der Waals surface area contributed by atoms with Crippen LogP contribution in [0.5, 0.6) is 5.75 Å². The quantitative estimate of drug-likeness (QED) is 0.451. The lowest BCUT2D eigenvalue weighted by Gasteiger charge is -2.23. The normalized spacial score (nSPS) is 19.0. The molecule has 0 saturated carbocycles. The molecule has 2 rings (SSSR count). The molecule has 0 aromatic heterocycles. The van der Waals surface area contributed by atoms with Gasteiger partial charge in [-0.2, -0.15) is 0 Å². The number of carbonyl (C=O) groups is 2. The minimum atomic E-state index is -0.424. The maximum Gasteiger partial charge on any atom is 0.410 e. The standard InChI is InChI=1S/C19H21NO5/c1-4-10-24-19(22)20-12-14(5-2)11-16(20)13-25-17-8-6-15(7-9-17)18(21)23-3/h2,4,6-9,14,16H,1,10-13H2,3H3/t14-,16+/m1/s1. The first-order valence-electron chi connectivity index (χ1n) is 7.90. The summed E-state index contributed by atoms with van der Waals surface area (Å²) in [5, 5.41) is 0. The van der Waals surface area contributed by atoms with Crippen molar-refractivity contribution in [2.24, 2.45) is 5.92 Å². The van der Waals surface area contributed by atoms with Crippen LogP contribution in [0.1, 0.15) is 16.8 Å². The van der Waals surface area contributed by atoms with Gasteiger partial charge >= 0.3 is 12.1 Å². The van der Waals surface area contributed by atoms with E-state index in [2.05, 4.69) is 17.2 Å². The van der Waals surface area contributed by atoms with Gasteiger partial charge in [0.15, 0.2) is 0 Å². The molecule has 6 nitrogen and oxygen atoms in total. The maximum atomic E-state index is 12.1. The van der Waals surface area contributed by atoms with Crippen molar-refractivity contribution in [1.29, 1.82) is 0 Å². The monoisotopic (exact) mass is 343 g/mol. The number of methoxy groups -OCH3 is 1. The average Bonchev–Trinajstić information content (AvgIpc) is 3.07. The highest BCUT2D eigenvalue weighted by Crippen LogP contribution is 2.25. The first kappa shape index (κ1) is 18.4. The molecule has 1 fully saturated rings. The van der Waals surface area contributed by atoms with Crippen molar-refractivity contribution in [3.8, 4) is 18.1 Å². The first-order chi connectivity index (χ1) is 12.1. The van der Waals surface area contributed by atoms with Crippen LogP contribution in [0.4, 0.5) is 4.79 Å². The molecule has 6 heteroatoms. The summed E-state index contributed by atoms with van der Waals surface area (Å²) >= 11 is 0. The minimum Gasteiger partial charge on any atom is -0.491 e. The molecule has 25 heavy (non-hydrogen) atoms. The van der Waals surface area contributed by atoms with Gasteiger partial charge in [0.1, 0.15) is 19.0 Å². The number of terminal acetylenes is 1. The van der Waals surface area contributed by atoms with E-state index in [0.717, 1.165) is 0 Å². The Balaban J connectivity index is 1.97. The van der Waals surface area contributed by atoms with Crippen molar-refractivity contribution < 1.29 is 23.8 Å². The maximum absolute atomic E-state index is 12.1. The Bertz CT molecular complexity index is 661. The Morgan fingerprint density at radius 1 is 1.40 bits per heavy atom. The van der Waals surface area contributed by atoms with Gasteiger partial charge < -0.3 is 19.1 Å². The Kier molecular flexibility index (Phi) is 6.47. The summed E-state index contributed by atoms with van der Waals surface area (Å²) in [5.41, 5.74) is 0.442. The summed E-state index contributed by atoms with van der Waals surface area (Å²) in [6, 6.07) is 6.44. The molecule has 1 aromatic rings. The summed E-state index contributed by atoms with van der Waals surface area (Å²) in [6.45, 7) is 4.41. The third kappa shape index (κ3) is 4.77. The zero-order valence-corrected chi connectivity index (χ0v) is 14.1. The summed E-state index contributed by atoms with van der Waals surface area (Å²) in [6.07, 6.45) is 7.24. The zero-order valence-electron chi connectivity index (χ0n) is 14.1. The summed E-state index contributed by atoms with van der Waals surface area (Å²) in [7, 11) is 1.33. The minimum absolute atomic E-state index is 0.0217. The second-order valence-electron chi connectivity index (χ2n) is 5.60. The molecule has 2 atom stereocenters. The SMILES string of the molecule is C#C[C@@H]1C[C@@H](COc2ccc(C(=O)OC)cc2)N(C(=O)OCC=C)C1. The fourth-order valence-electron chi connectivity index (χ4n) is 2.63. The van der Waals surface area contributed by atoms with Gasteiger partial charge in [0, 0.05) is 12.5 Å². The number of carbonyl (C=O) groups excluding carboxylic acids is 2. The molecule has 1 amide bonds. The van der Waals surface area contributed by atoms with Crippen LogP contribution in [0.15, 0.2) is 36.9 Å². The number of benzene rings is 1. The molecule has 0 spiro atoms. The molecule has 0 bridgehead atoms. The Labute approximate surface area is 147 Å². The van der Waals surface area contributed by atoms with E-state index in [-0.39, 0.29) is 18.6 Å². The second kappa shape index (κ2) is 8.78. The van der Waals surface area contributed by atoms with Gasteiger partial charge in [-0.05, 0) is 30.7 Å². The van der Waals surface area contributed by atoms with Crippen molar-refractivity contribution in [1.82, 2.24) is 4.90 Å². The molecule has 1 aliphatic heterocycles. The van der Waals surface area contributed by atoms with E-state index in [9.17, 15) is 9.59 Å². The van der Waals surface area contributed by atoms with Crippen molar-refractivity contribution in [3.05, 3.63) is 42.5 Å². The van der Waals surface area contributed by atoms with E-state index in [1.165, 1.54) is 13.2 Å². The highest BCUT2D eigenvalue weighted by molar-refractivity contribution is 5.89. The molecule has 1 aliphatic rings. The summed E-state index contributed by atoms with van der Waals surface area (Å²) < 4.78 is 15.5. The highest BCUT2D eigenvalue weighted by Gasteiger charge is 2.35. The third-order valence-electron chi connectivity index (χ3n) is 3.93. The zero-order chi connectivity index (χ0) is 18.2. The number of hydrogen-bond donors (Lipinski definition) is 0. The number of esters is 1. The number of hydrogen-bond acceptors (Lipinski definition) is 5. The first-order valence-corrected chi connectivity index (χ1v) is 7.90.